The predicted octanol–water partition coefficient (Wildman–Crippen LogP) is 1.67. The zero-order valence-electron chi connectivity index (χ0n) is 7.08. The van der Waals surface area contributed by atoms with Crippen molar-refractivity contribution >= 4 is 0 Å². The minimum Gasteiger partial charge on any atom is -0.472 e. The summed E-state index contributed by atoms with van der Waals surface area (Å²) in [5.74, 6) is 0. The lowest BCUT2D eigenvalue weighted by Gasteiger charge is -2.07. The van der Waals surface area contributed by atoms with Gasteiger partial charge in [-0.25, -0.2) is 0 Å². The molecule has 1 heterocycles. The molecule has 0 aliphatic rings. The molecular weight excluding hydrogens is 152 g/mol. The highest BCUT2D eigenvalue weighted by Gasteiger charge is 2.00. The van der Waals surface area contributed by atoms with Crippen LogP contribution in [0.3, 0.4) is 0 Å². The van der Waals surface area contributed by atoms with Gasteiger partial charge in [-0.1, -0.05) is 0 Å². The van der Waals surface area contributed by atoms with Crippen LogP contribution in [0.15, 0.2) is 23.0 Å². The first-order valence-electron chi connectivity index (χ1n) is 3.94. The quantitative estimate of drug-likeness (QED) is 0.736. The average Bonchev–Trinajstić information content (AvgIpc) is 2.53. The summed E-state index contributed by atoms with van der Waals surface area (Å²) in [5, 5.41) is 11.6. The van der Waals surface area contributed by atoms with E-state index in [4.69, 9.17) is 9.68 Å². The van der Waals surface area contributed by atoms with Crippen LogP contribution in [-0.2, 0) is 6.54 Å². The molecule has 1 aromatic heterocycles. The first-order valence-corrected chi connectivity index (χ1v) is 3.94. The van der Waals surface area contributed by atoms with Crippen LogP contribution in [0, 0.1) is 11.3 Å². The molecule has 12 heavy (non-hydrogen) atoms. The van der Waals surface area contributed by atoms with E-state index in [2.05, 4.69) is 11.4 Å². The Morgan fingerprint density at radius 1 is 1.75 bits per heavy atom. The SMILES string of the molecule is CC(CC#N)NCc1ccoc1. The molecule has 1 atom stereocenters. The average molecular weight is 164 g/mol. The third kappa shape index (κ3) is 2.77. The van der Waals surface area contributed by atoms with E-state index >= 15 is 0 Å². The molecule has 0 saturated heterocycles. The van der Waals surface area contributed by atoms with Crippen molar-refractivity contribution in [1.82, 2.24) is 5.32 Å². The Kier molecular flexibility index (Phi) is 3.36. The summed E-state index contributed by atoms with van der Waals surface area (Å²) in [6.45, 7) is 2.75. The molecule has 0 aromatic carbocycles. The zero-order chi connectivity index (χ0) is 8.81. The maximum absolute atomic E-state index is 8.39. The van der Waals surface area contributed by atoms with Gasteiger partial charge in [0.2, 0.25) is 0 Å². The molecule has 0 amide bonds. The highest BCUT2D eigenvalue weighted by Crippen LogP contribution is 1.99. The minimum absolute atomic E-state index is 0.241. The van der Waals surface area contributed by atoms with E-state index in [9.17, 15) is 0 Å². The van der Waals surface area contributed by atoms with E-state index in [1.165, 1.54) is 0 Å². The topological polar surface area (TPSA) is 49.0 Å². The second-order valence-electron chi connectivity index (χ2n) is 2.78. The van der Waals surface area contributed by atoms with Gasteiger partial charge < -0.3 is 9.73 Å². The Hall–Kier alpha value is -1.27. The third-order valence-corrected chi connectivity index (χ3v) is 1.63. The largest absolute Gasteiger partial charge is 0.472 e. The van der Waals surface area contributed by atoms with Gasteiger partial charge in [0, 0.05) is 18.2 Å². The first-order chi connectivity index (χ1) is 5.83. The van der Waals surface area contributed by atoms with Crippen LogP contribution in [-0.4, -0.2) is 6.04 Å². The lowest BCUT2D eigenvalue weighted by Crippen LogP contribution is -2.24. The first kappa shape index (κ1) is 8.82. The van der Waals surface area contributed by atoms with Crippen molar-refractivity contribution in [3.8, 4) is 6.07 Å². The van der Waals surface area contributed by atoms with Gasteiger partial charge in [-0.3, -0.25) is 0 Å². The smallest absolute Gasteiger partial charge is 0.0947 e. The van der Waals surface area contributed by atoms with Crippen molar-refractivity contribution in [3.05, 3.63) is 24.2 Å². The van der Waals surface area contributed by atoms with E-state index in [1.807, 2.05) is 13.0 Å². The van der Waals surface area contributed by atoms with Crippen LogP contribution >= 0.6 is 0 Å². The fourth-order valence-corrected chi connectivity index (χ4v) is 0.894. The van der Waals surface area contributed by atoms with Crippen LogP contribution in [0.25, 0.3) is 0 Å². The van der Waals surface area contributed by atoms with Crippen molar-refractivity contribution in [1.29, 1.82) is 5.26 Å². The molecule has 64 valence electrons. The van der Waals surface area contributed by atoms with Crippen LogP contribution in [0.5, 0.6) is 0 Å². The standard InChI is InChI=1S/C9H12N2O/c1-8(2-4-10)11-6-9-3-5-12-7-9/h3,5,7-8,11H,2,6H2,1H3. The van der Waals surface area contributed by atoms with Crippen molar-refractivity contribution in [2.24, 2.45) is 0 Å². The van der Waals surface area contributed by atoms with Gasteiger partial charge in [0.25, 0.3) is 0 Å². The van der Waals surface area contributed by atoms with Crippen LogP contribution < -0.4 is 5.32 Å². The molecule has 1 aromatic rings. The Bertz CT molecular complexity index is 248. The van der Waals surface area contributed by atoms with E-state index in [-0.39, 0.29) is 6.04 Å². The van der Waals surface area contributed by atoms with E-state index in [1.54, 1.807) is 12.5 Å². The van der Waals surface area contributed by atoms with Crippen molar-refractivity contribution < 1.29 is 4.42 Å². The molecule has 0 spiro atoms. The van der Waals surface area contributed by atoms with Crippen LogP contribution in [0.1, 0.15) is 18.9 Å². The molecule has 0 saturated carbocycles. The second-order valence-corrected chi connectivity index (χ2v) is 2.78. The summed E-state index contributed by atoms with van der Waals surface area (Å²) in [6.07, 6.45) is 3.88. The maximum atomic E-state index is 8.39. The number of nitrogens with zero attached hydrogens (tertiary/aromatic N) is 1. The van der Waals surface area contributed by atoms with Crippen molar-refractivity contribution in [3.63, 3.8) is 0 Å². The molecule has 0 radical (unpaired) electrons. The molecule has 0 aliphatic carbocycles. The van der Waals surface area contributed by atoms with Gasteiger partial charge in [0.15, 0.2) is 0 Å². The Morgan fingerprint density at radius 2 is 2.58 bits per heavy atom. The van der Waals surface area contributed by atoms with E-state index < -0.39 is 0 Å². The molecule has 1 N–H and O–H groups in total. The Balaban J connectivity index is 2.23. The lowest BCUT2D eigenvalue weighted by molar-refractivity contribution is 0.539. The number of nitrogens with one attached hydrogen (secondary N) is 1. The number of nitriles is 1. The molecule has 3 heteroatoms. The predicted molar refractivity (Wildman–Crippen MR) is 45.2 cm³/mol. The third-order valence-electron chi connectivity index (χ3n) is 1.63. The summed E-state index contributed by atoms with van der Waals surface area (Å²) in [6, 6.07) is 4.26. The highest BCUT2D eigenvalue weighted by atomic mass is 16.3. The van der Waals surface area contributed by atoms with Gasteiger partial charge in [0.1, 0.15) is 0 Å². The molecule has 1 rings (SSSR count). The number of hydrogen-bond acceptors (Lipinski definition) is 3. The van der Waals surface area contributed by atoms with E-state index in [0.717, 1.165) is 12.1 Å². The molecule has 0 bridgehead atoms. The summed E-state index contributed by atoms with van der Waals surface area (Å²) < 4.78 is 4.90. The van der Waals surface area contributed by atoms with Gasteiger partial charge in [0.05, 0.1) is 25.0 Å². The maximum Gasteiger partial charge on any atom is 0.0947 e. The van der Waals surface area contributed by atoms with Gasteiger partial charge in [-0.15, -0.1) is 0 Å². The van der Waals surface area contributed by atoms with Gasteiger partial charge in [-0.05, 0) is 13.0 Å². The molecular formula is C9H12N2O. The highest BCUT2D eigenvalue weighted by molar-refractivity contribution is 5.04. The summed E-state index contributed by atoms with van der Waals surface area (Å²) in [7, 11) is 0. The number of rotatable bonds is 4. The monoisotopic (exact) mass is 164 g/mol. The minimum atomic E-state index is 0.241. The Labute approximate surface area is 72.0 Å². The second kappa shape index (κ2) is 4.58. The molecule has 0 aliphatic heterocycles. The van der Waals surface area contributed by atoms with E-state index in [0.29, 0.717) is 6.42 Å². The van der Waals surface area contributed by atoms with Crippen LogP contribution in [0.2, 0.25) is 0 Å². The summed E-state index contributed by atoms with van der Waals surface area (Å²) in [4.78, 5) is 0. The zero-order valence-corrected chi connectivity index (χ0v) is 7.08. The Morgan fingerprint density at radius 3 is 3.17 bits per heavy atom. The summed E-state index contributed by atoms with van der Waals surface area (Å²) >= 11 is 0. The normalized spacial score (nSPS) is 12.3. The van der Waals surface area contributed by atoms with Crippen LogP contribution in [0.4, 0.5) is 0 Å². The molecule has 0 fully saturated rings. The van der Waals surface area contributed by atoms with Gasteiger partial charge in [-0.2, -0.15) is 5.26 Å². The number of hydrogen-bond donors (Lipinski definition) is 1. The fourth-order valence-electron chi connectivity index (χ4n) is 0.894. The van der Waals surface area contributed by atoms with Crippen molar-refractivity contribution in [2.75, 3.05) is 0 Å². The summed E-state index contributed by atoms with van der Waals surface area (Å²) in [5.41, 5.74) is 1.11. The van der Waals surface area contributed by atoms with Crippen molar-refractivity contribution in [2.45, 2.75) is 25.9 Å². The molecule has 3 nitrogen and oxygen atoms in total. The fraction of sp³-hybridized carbons (Fsp3) is 0.444. The lowest BCUT2D eigenvalue weighted by atomic mass is 10.2. The van der Waals surface area contributed by atoms with Gasteiger partial charge >= 0.3 is 0 Å². The number of furan rings is 1. The molecule has 1 unspecified atom stereocenters.